The van der Waals surface area contributed by atoms with Crippen LogP contribution in [0.5, 0.6) is 0 Å². The van der Waals surface area contributed by atoms with Crippen molar-refractivity contribution in [3.05, 3.63) is 33.1 Å². The van der Waals surface area contributed by atoms with Gasteiger partial charge in [0, 0.05) is 19.2 Å². The van der Waals surface area contributed by atoms with Crippen LogP contribution >= 0.6 is 11.6 Å². The third-order valence-electron chi connectivity index (χ3n) is 2.15. The van der Waals surface area contributed by atoms with E-state index in [9.17, 15) is 14.9 Å². The fourth-order valence-electron chi connectivity index (χ4n) is 1.23. The number of carbonyl (C=O) groups is 1. The van der Waals surface area contributed by atoms with Gasteiger partial charge in [-0.1, -0.05) is 11.6 Å². The minimum absolute atomic E-state index is 0.0325. The first-order chi connectivity index (χ1) is 8.56. The summed E-state index contributed by atoms with van der Waals surface area (Å²) >= 11 is 5.70. The number of pyridine rings is 1. The van der Waals surface area contributed by atoms with Gasteiger partial charge in [0.05, 0.1) is 10.5 Å². The van der Waals surface area contributed by atoms with Gasteiger partial charge in [0.1, 0.15) is 11.3 Å². The highest BCUT2D eigenvalue weighted by molar-refractivity contribution is 6.32. The van der Waals surface area contributed by atoms with Crippen LogP contribution in [0.25, 0.3) is 0 Å². The fourth-order valence-corrected chi connectivity index (χ4v) is 1.42. The lowest BCUT2D eigenvalue weighted by atomic mass is 10.2. The summed E-state index contributed by atoms with van der Waals surface area (Å²) in [7, 11) is 0. The highest BCUT2D eigenvalue weighted by Gasteiger charge is 2.16. The largest absolute Gasteiger partial charge is 0.396 e. The van der Waals surface area contributed by atoms with Gasteiger partial charge >= 0.3 is 0 Å². The molecule has 18 heavy (non-hydrogen) atoms. The molecule has 0 aliphatic rings. The molecule has 0 fully saturated rings. The van der Waals surface area contributed by atoms with Crippen LogP contribution in [-0.4, -0.2) is 34.1 Å². The van der Waals surface area contributed by atoms with Crippen LogP contribution in [0.15, 0.2) is 12.3 Å². The Hall–Kier alpha value is -1.73. The van der Waals surface area contributed by atoms with E-state index < -0.39 is 10.8 Å². The van der Waals surface area contributed by atoms with Crippen molar-refractivity contribution in [3.8, 4) is 0 Å². The summed E-state index contributed by atoms with van der Waals surface area (Å²) < 4.78 is 0. The number of aromatic nitrogens is 1. The Kier molecular flexibility index (Phi) is 5.47. The Morgan fingerprint density at radius 2 is 2.28 bits per heavy atom. The maximum absolute atomic E-state index is 11.7. The van der Waals surface area contributed by atoms with Crippen LogP contribution in [0.3, 0.4) is 0 Å². The smallest absolute Gasteiger partial charge is 0.288 e. The number of hydrogen-bond acceptors (Lipinski definition) is 5. The second-order valence-electron chi connectivity index (χ2n) is 3.48. The zero-order valence-electron chi connectivity index (χ0n) is 9.43. The summed E-state index contributed by atoms with van der Waals surface area (Å²) in [5.41, 5.74) is -0.324. The van der Waals surface area contributed by atoms with Gasteiger partial charge in [-0.2, -0.15) is 0 Å². The molecule has 1 aromatic rings. The molecular weight excluding hydrogens is 262 g/mol. The Balaban J connectivity index is 2.72. The van der Waals surface area contributed by atoms with Gasteiger partial charge < -0.3 is 10.4 Å². The van der Waals surface area contributed by atoms with E-state index in [0.717, 1.165) is 12.3 Å². The van der Waals surface area contributed by atoms with Crippen molar-refractivity contribution in [1.29, 1.82) is 0 Å². The number of nitrogens with zero attached hydrogens (tertiary/aromatic N) is 2. The number of halogens is 1. The van der Waals surface area contributed by atoms with Crippen LogP contribution in [0.1, 0.15) is 23.2 Å². The van der Waals surface area contributed by atoms with Gasteiger partial charge in [0.25, 0.3) is 11.6 Å². The van der Waals surface area contributed by atoms with Gasteiger partial charge in [0.15, 0.2) is 0 Å². The maximum Gasteiger partial charge on any atom is 0.288 e. The molecule has 0 radical (unpaired) electrons. The maximum atomic E-state index is 11.7. The van der Waals surface area contributed by atoms with Crippen molar-refractivity contribution in [2.75, 3.05) is 13.2 Å². The van der Waals surface area contributed by atoms with Gasteiger partial charge in [-0.05, 0) is 12.8 Å². The summed E-state index contributed by atoms with van der Waals surface area (Å²) in [6.45, 7) is 0.410. The molecule has 0 saturated heterocycles. The molecule has 0 aromatic carbocycles. The molecule has 1 heterocycles. The van der Waals surface area contributed by atoms with Crippen LogP contribution < -0.4 is 5.32 Å². The molecule has 98 valence electrons. The number of amides is 1. The van der Waals surface area contributed by atoms with E-state index in [4.69, 9.17) is 16.7 Å². The van der Waals surface area contributed by atoms with E-state index in [2.05, 4.69) is 10.3 Å². The summed E-state index contributed by atoms with van der Waals surface area (Å²) in [6, 6.07) is 1.08. The molecule has 1 amide bonds. The molecule has 0 aliphatic carbocycles. The van der Waals surface area contributed by atoms with E-state index in [-0.39, 0.29) is 23.0 Å². The second kappa shape index (κ2) is 6.87. The van der Waals surface area contributed by atoms with E-state index in [1.165, 1.54) is 0 Å². The minimum Gasteiger partial charge on any atom is -0.396 e. The van der Waals surface area contributed by atoms with Gasteiger partial charge in [-0.3, -0.25) is 14.9 Å². The lowest BCUT2D eigenvalue weighted by Gasteiger charge is -2.05. The molecular formula is C10H12ClN3O4. The number of aliphatic hydroxyl groups is 1. The molecule has 2 N–H and O–H groups in total. The van der Waals surface area contributed by atoms with Crippen molar-refractivity contribution in [1.82, 2.24) is 10.3 Å². The minimum atomic E-state index is -0.647. The van der Waals surface area contributed by atoms with Gasteiger partial charge in [0.2, 0.25) is 0 Å². The van der Waals surface area contributed by atoms with Crippen molar-refractivity contribution in [2.45, 2.75) is 12.8 Å². The van der Waals surface area contributed by atoms with E-state index >= 15 is 0 Å². The Morgan fingerprint density at radius 1 is 1.56 bits per heavy atom. The summed E-state index contributed by atoms with van der Waals surface area (Å²) in [5.74, 6) is -0.519. The normalized spacial score (nSPS) is 10.1. The second-order valence-corrected chi connectivity index (χ2v) is 3.83. The topological polar surface area (TPSA) is 105 Å². The lowest BCUT2D eigenvalue weighted by Crippen LogP contribution is -2.25. The van der Waals surface area contributed by atoms with E-state index in [0.29, 0.717) is 19.4 Å². The Bertz CT molecular complexity index is 453. The number of rotatable bonds is 6. The first-order valence-corrected chi connectivity index (χ1v) is 5.63. The summed E-state index contributed by atoms with van der Waals surface area (Å²) in [6.07, 6.45) is 2.17. The van der Waals surface area contributed by atoms with Crippen LogP contribution in [0.2, 0.25) is 5.15 Å². The number of aliphatic hydroxyl groups excluding tert-OH is 1. The molecule has 8 heteroatoms. The molecule has 0 spiro atoms. The lowest BCUT2D eigenvalue weighted by molar-refractivity contribution is -0.385. The number of carbonyl (C=O) groups excluding carboxylic acids is 1. The number of unbranched alkanes of at least 4 members (excludes halogenated alkanes) is 1. The molecule has 1 rings (SSSR count). The van der Waals surface area contributed by atoms with Crippen LogP contribution in [0.4, 0.5) is 5.69 Å². The molecule has 1 aromatic heterocycles. The molecule has 7 nitrogen and oxygen atoms in total. The molecule has 0 bridgehead atoms. The average Bonchev–Trinajstić information content (AvgIpc) is 2.34. The van der Waals surface area contributed by atoms with Crippen molar-refractivity contribution in [2.24, 2.45) is 0 Å². The highest BCUT2D eigenvalue weighted by Crippen LogP contribution is 2.18. The average molecular weight is 274 g/mol. The van der Waals surface area contributed by atoms with E-state index in [1.807, 2.05) is 0 Å². The molecule has 0 atom stereocenters. The van der Waals surface area contributed by atoms with Crippen LogP contribution in [-0.2, 0) is 0 Å². The highest BCUT2D eigenvalue weighted by atomic mass is 35.5. The fraction of sp³-hybridized carbons (Fsp3) is 0.400. The van der Waals surface area contributed by atoms with Crippen molar-refractivity contribution in [3.63, 3.8) is 0 Å². The Labute approximate surface area is 108 Å². The monoisotopic (exact) mass is 273 g/mol. The quantitative estimate of drug-likeness (QED) is 0.350. The van der Waals surface area contributed by atoms with Crippen molar-refractivity contribution < 1.29 is 14.8 Å². The first-order valence-electron chi connectivity index (χ1n) is 5.25. The third kappa shape index (κ3) is 3.94. The SMILES string of the molecule is O=C(NCCCCO)c1cc([N+](=O)[O-])cnc1Cl. The predicted molar refractivity (Wildman–Crippen MR) is 64.6 cm³/mol. The Morgan fingerprint density at radius 3 is 2.89 bits per heavy atom. The zero-order chi connectivity index (χ0) is 13.5. The third-order valence-corrected chi connectivity index (χ3v) is 2.45. The van der Waals surface area contributed by atoms with Crippen molar-refractivity contribution >= 4 is 23.2 Å². The van der Waals surface area contributed by atoms with E-state index in [1.54, 1.807) is 0 Å². The zero-order valence-corrected chi connectivity index (χ0v) is 10.2. The van der Waals surface area contributed by atoms with Gasteiger partial charge in [-0.25, -0.2) is 4.98 Å². The number of nitro groups is 1. The molecule has 0 aliphatic heterocycles. The van der Waals surface area contributed by atoms with Crippen LogP contribution in [0, 0.1) is 10.1 Å². The first kappa shape index (κ1) is 14.3. The standard InChI is InChI=1S/C10H12ClN3O4/c11-9-8(5-7(6-13-9)14(17)18)10(16)12-3-1-2-4-15/h5-6,15H,1-4H2,(H,12,16). The molecule has 0 unspecified atom stereocenters. The summed E-state index contributed by atoms with van der Waals surface area (Å²) in [4.78, 5) is 25.2. The number of hydrogen-bond donors (Lipinski definition) is 2. The molecule has 0 saturated carbocycles. The number of nitrogens with one attached hydrogen (secondary N) is 1. The predicted octanol–water partition coefficient (Wildman–Crippen LogP) is 1.15. The van der Waals surface area contributed by atoms with Gasteiger partial charge in [-0.15, -0.1) is 0 Å². The summed E-state index contributed by atoms with van der Waals surface area (Å²) in [5, 5.41) is 21.6.